The molecule has 0 aromatic heterocycles. The van der Waals surface area contributed by atoms with E-state index in [0.717, 1.165) is 31.4 Å². The SMILES string of the molecule is CCCC[C@@H]1CN(Cc2ccccc2C(=O)O)CCN1C(=O)OC(C)(C)C. The zero-order chi connectivity index (χ0) is 20.0. The third-order valence-corrected chi connectivity index (χ3v) is 4.73. The largest absolute Gasteiger partial charge is 0.478 e. The van der Waals surface area contributed by atoms with Gasteiger partial charge in [-0.15, -0.1) is 0 Å². The molecule has 0 aliphatic carbocycles. The summed E-state index contributed by atoms with van der Waals surface area (Å²) >= 11 is 0. The van der Waals surface area contributed by atoms with Gasteiger partial charge in [-0.25, -0.2) is 9.59 Å². The third kappa shape index (κ3) is 6.24. The summed E-state index contributed by atoms with van der Waals surface area (Å²) in [7, 11) is 0. The van der Waals surface area contributed by atoms with Gasteiger partial charge in [-0.05, 0) is 38.8 Å². The van der Waals surface area contributed by atoms with Gasteiger partial charge in [0.15, 0.2) is 0 Å². The number of piperazine rings is 1. The Bertz CT molecular complexity index is 654. The van der Waals surface area contributed by atoms with Gasteiger partial charge < -0.3 is 14.7 Å². The van der Waals surface area contributed by atoms with Gasteiger partial charge in [0, 0.05) is 32.2 Å². The number of benzene rings is 1. The predicted molar refractivity (Wildman–Crippen MR) is 105 cm³/mol. The van der Waals surface area contributed by atoms with Crippen molar-refractivity contribution in [3.63, 3.8) is 0 Å². The molecule has 0 bridgehead atoms. The summed E-state index contributed by atoms with van der Waals surface area (Å²) in [5.74, 6) is -0.902. The monoisotopic (exact) mass is 376 g/mol. The van der Waals surface area contributed by atoms with Gasteiger partial charge in [0.2, 0.25) is 0 Å². The summed E-state index contributed by atoms with van der Waals surface area (Å²) in [5.41, 5.74) is 0.645. The highest BCUT2D eigenvalue weighted by atomic mass is 16.6. The molecule has 1 aromatic carbocycles. The van der Waals surface area contributed by atoms with Crippen molar-refractivity contribution in [1.29, 1.82) is 0 Å². The van der Waals surface area contributed by atoms with Gasteiger partial charge in [0.05, 0.1) is 5.56 Å². The summed E-state index contributed by atoms with van der Waals surface area (Å²) in [6.07, 6.45) is 2.78. The number of carbonyl (C=O) groups is 2. The Morgan fingerprint density at radius 2 is 1.93 bits per heavy atom. The van der Waals surface area contributed by atoms with Crippen LogP contribution in [0.3, 0.4) is 0 Å². The number of ether oxygens (including phenoxy) is 1. The minimum Gasteiger partial charge on any atom is -0.478 e. The van der Waals surface area contributed by atoms with E-state index in [0.29, 0.717) is 25.2 Å². The van der Waals surface area contributed by atoms with E-state index in [4.69, 9.17) is 4.74 Å². The molecule has 1 atom stereocenters. The van der Waals surface area contributed by atoms with E-state index in [2.05, 4.69) is 11.8 Å². The molecule has 1 aliphatic rings. The van der Waals surface area contributed by atoms with Crippen LogP contribution in [0.2, 0.25) is 0 Å². The van der Waals surface area contributed by atoms with Gasteiger partial charge in [0.1, 0.15) is 5.60 Å². The van der Waals surface area contributed by atoms with Gasteiger partial charge in [-0.1, -0.05) is 38.0 Å². The van der Waals surface area contributed by atoms with Crippen molar-refractivity contribution in [1.82, 2.24) is 9.80 Å². The lowest BCUT2D eigenvalue weighted by Crippen LogP contribution is -2.55. The van der Waals surface area contributed by atoms with Crippen molar-refractivity contribution in [3.8, 4) is 0 Å². The van der Waals surface area contributed by atoms with Crippen LogP contribution in [0.15, 0.2) is 24.3 Å². The van der Waals surface area contributed by atoms with Crippen LogP contribution < -0.4 is 0 Å². The number of rotatable bonds is 6. The lowest BCUT2D eigenvalue weighted by atomic mass is 10.0. The maximum Gasteiger partial charge on any atom is 0.410 e. The van der Waals surface area contributed by atoms with Crippen molar-refractivity contribution in [2.24, 2.45) is 0 Å². The molecule has 1 fully saturated rings. The van der Waals surface area contributed by atoms with E-state index >= 15 is 0 Å². The molecule has 1 aromatic rings. The lowest BCUT2D eigenvalue weighted by molar-refractivity contribution is -0.00410. The molecule has 1 saturated heterocycles. The van der Waals surface area contributed by atoms with E-state index in [1.54, 1.807) is 12.1 Å². The number of carboxylic acids is 1. The van der Waals surface area contributed by atoms with Crippen molar-refractivity contribution in [2.45, 2.75) is 65.1 Å². The Kier molecular flexibility index (Phi) is 7.25. The Balaban J connectivity index is 2.09. The van der Waals surface area contributed by atoms with Crippen molar-refractivity contribution in [2.75, 3.05) is 19.6 Å². The minimum atomic E-state index is -0.902. The molecule has 150 valence electrons. The smallest absolute Gasteiger partial charge is 0.410 e. The molecule has 0 unspecified atom stereocenters. The quantitative estimate of drug-likeness (QED) is 0.813. The first-order valence-electron chi connectivity index (χ1n) is 9.74. The number of hydrogen-bond donors (Lipinski definition) is 1. The minimum absolute atomic E-state index is 0.0885. The normalized spacial score (nSPS) is 18.4. The van der Waals surface area contributed by atoms with Gasteiger partial charge >= 0.3 is 12.1 Å². The van der Waals surface area contributed by atoms with E-state index in [1.165, 1.54) is 0 Å². The molecule has 1 amide bonds. The van der Waals surface area contributed by atoms with Crippen LogP contribution >= 0.6 is 0 Å². The number of aromatic carboxylic acids is 1. The average Bonchev–Trinajstić information content (AvgIpc) is 2.58. The Hall–Kier alpha value is -2.08. The number of carboxylic acid groups (broad SMARTS) is 1. The van der Waals surface area contributed by atoms with Crippen LogP contribution in [-0.2, 0) is 11.3 Å². The fourth-order valence-electron chi connectivity index (χ4n) is 3.42. The second-order valence-electron chi connectivity index (χ2n) is 8.17. The van der Waals surface area contributed by atoms with Crippen LogP contribution in [0.5, 0.6) is 0 Å². The topological polar surface area (TPSA) is 70.1 Å². The van der Waals surface area contributed by atoms with E-state index in [-0.39, 0.29) is 12.1 Å². The maximum atomic E-state index is 12.6. The second-order valence-corrected chi connectivity index (χ2v) is 8.17. The van der Waals surface area contributed by atoms with Gasteiger partial charge in [-0.2, -0.15) is 0 Å². The molecule has 6 nitrogen and oxygen atoms in total. The molecule has 0 spiro atoms. The predicted octanol–water partition coefficient (Wildman–Crippen LogP) is 4.00. The summed E-state index contributed by atoms with van der Waals surface area (Å²) in [4.78, 5) is 28.1. The van der Waals surface area contributed by atoms with Crippen molar-refractivity contribution >= 4 is 12.1 Å². The summed E-state index contributed by atoms with van der Waals surface area (Å²) in [6.45, 7) is 10.4. The molecule has 0 saturated carbocycles. The fraction of sp³-hybridized carbons (Fsp3) is 0.619. The highest BCUT2D eigenvalue weighted by Crippen LogP contribution is 2.21. The molecular formula is C21H32N2O4. The maximum absolute atomic E-state index is 12.6. The van der Waals surface area contributed by atoms with Crippen LogP contribution in [0.25, 0.3) is 0 Å². The number of amides is 1. The molecule has 1 aliphatic heterocycles. The molecule has 1 heterocycles. The Morgan fingerprint density at radius 3 is 2.56 bits per heavy atom. The third-order valence-electron chi connectivity index (χ3n) is 4.73. The van der Waals surface area contributed by atoms with Crippen molar-refractivity contribution in [3.05, 3.63) is 35.4 Å². The number of unbranched alkanes of at least 4 members (excludes halogenated alkanes) is 1. The van der Waals surface area contributed by atoms with Crippen LogP contribution in [-0.4, -0.2) is 58.2 Å². The molecule has 0 radical (unpaired) electrons. The van der Waals surface area contributed by atoms with E-state index in [1.807, 2.05) is 37.8 Å². The summed E-state index contributed by atoms with van der Waals surface area (Å²) in [6, 6.07) is 7.21. The van der Waals surface area contributed by atoms with E-state index in [9.17, 15) is 14.7 Å². The highest BCUT2D eigenvalue weighted by Gasteiger charge is 2.33. The number of nitrogens with zero attached hydrogens (tertiary/aromatic N) is 2. The standard InChI is InChI=1S/C21H32N2O4/c1-5-6-10-17-15-22(12-13-23(17)20(26)27-21(2,3)4)14-16-9-7-8-11-18(16)19(24)25/h7-9,11,17H,5-6,10,12-15H2,1-4H3,(H,24,25)/t17-/m1/s1. The van der Waals surface area contributed by atoms with Crippen molar-refractivity contribution < 1.29 is 19.4 Å². The molecule has 1 N–H and O–H groups in total. The molecule has 2 rings (SSSR count). The van der Waals surface area contributed by atoms with Crippen LogP contribution in [0.1, 0.15) is 62.9 Å². The summed E-state index contributed by atoms with van der Waals surface area (Å²) in [5, 5.41) is 9.40. The second kappa shape index (κ2) is 9.22. The first-order valence-corrected chi connectivity index (χ1v) is 9.74. The Labute approximate surface area is 162 Å². The molecule has 6 heteroatoms. The first kappa shape index (κ1) is 21.2. The number of carbonyl (C=O) groups excluding carboxylic acids is 1. The zero-order valence-electron chi connectivity index (χ0n) is 16.9. The molecular weight excluding hydrogens is 344 g/mol. The lowest BCUT2D eigenvalue weighted by Gasteiger charge is -2.42. The van der Waals surface area contributed by atoms with Gasteiger partial charge in [0.25, 0.3) is 0 Å². The first-order chi connectivity index (χ1) is 12.7. The summed E-state index contributed by atoms with van der Waals surface area (Å²) < 4.78 is 5.58. The van der Waals surface area contributed by atoms with Crippen LogP contribution in [0.4, 0.5) is 4.79 Å². The number of hydrogen-bond acceptors (Lipinski definition) is 4. The highest BCUT2D eigenvalue weighted by molar-refractivity contribution is 5.89. The average molecular weight is 376 g/mol. The van der Waals surface area contributed by atoms with Gasteiger partial charge in [-0.3, -0.25) is 4.90 Å². The zero-order valence-corrected chi connectivity index (χ0v) is 16.9. The van der Waals surface area contributed by atoms with E-state index < -0.39 is 11.6 Å². The van der Waals surface area contributed by atoms with Crippen LogP contribution in [0, 0.1) is 0 Å². The fourth-order valence-corrected chi connectivity index (χ4v) is 3.42. The Morgan fingerprint density at radius 1 is 1.22 bits per heavy atom. The molecule has 27 heavy (non-hydrogen) atoms.